The maximum absolute atomic E-state index is 12.3. The van der Waals surface area contributed by atoms with Crippen molar-refractivity contribution in [1.82, 2.24) is 9.78 Å². The fourth-order valence-corrected chi connectivity index (χ4v) is 2.74. The number of para-hydroxylation sites is 1. The van der Waals surface area contributed by atoms with E-state index in [1.165, 1.54) is 10.7 Å². The molecule has 1 N–H and O–H groups in total. The molecule has 0 radical (unpaired) electrons. The number of amides is 1. The molecule has 0 aliphatic heterocycles. The number of benzene rings is 2. The molecule has 0 saturated heterocycles. The zero-order valence-corrected chi connectivity index (χ0v) is 14.7. The van der Waals surface area contributed by atoms with Crippen LogP contribution in [0.4, 0.5) is 5.69 Å². The van der Waals surface area contributed by atoms with Gasteiger partial charge in [0.1, 0.15) is 18.0 Å². The first-order chi connectivity index (χ1) is 13.2. The van der Waals surface area contributed by atoms with Crippen molar-refractivity contribution in [3.05, 3.63) is 82.8 Å². The Morgan fingerprint density at radius 3 is 2.41 bits per heavy atom. The topological polar surface area (TPSA) is 73.2 Å². The Morgan fingerprint density at radius 1 is 1.00 bits per heavy atom. The molecule has 6 heteroatoms. The van der Waals surface area contributed by atoms with E-state index in [4.69, 9.17) is 4.74 Å². The van der Waals surface area contributed by atoms with Crippen LogP contribution >= 0.6 is 0 Å². The molecule has 1 aromatic heterocycles. The quantitative estimate of drug-likeness (QED) is 0.729. The van der Waals surface area contributed by atoms with E-state index >= 15 is 0 Å². The molecule has 1 fully saturated rings. The van der Waals surface area contributed by atoms with E-state index in [1.807, 2.05) is 30.3 Å². The van der Waals surface area contributed by atoms with Crippen LogP contribution in [-0.2, 0) is 11.3 Å². The number of nitrogens with one attached hydrogen (secondary N) is 1. The Kier molecular flexibility index (Phi) is 4.70. The van der Waals surface area contributed by atoms with Crippen LogP contribution in [0.25, 0.3) is 0 Å². The second-order valence-corrected chi connectivity index (χ2v) is 6.52. The Balaban J connectivity index is 1.38. The summed E-state index contributed by atoms with van der Waals surface area (Å²) in [5, 5.41) is 7.08. The highest BCUT2D eigenvalue weighted by Gasteiger charge is 2.25. The summed E-state index contributed by atoms with van der Waals surface area (Å²) in [6, 6.07) is 19.8. The van der Waals surface area contributed by atoms with Gasteiger partial charge in [0, 0.05) is 17.7 Å². The third-order valence-electron chi connectivity index (χ3n) is 4.29. The smallest absolute Gasteiger partial charge is 0.267 e. The molecule has 6 nitrogen and oxygen atoms in total. The van der Waals surface area contributed by atoms with E-state index in [9.17, 15) is 9.59 Å². The second kappa shape index (κ2) is 7.45. The zero-order valence-electron chi connectivity index (χ0n) is 14.7. The molecule has 0 spiro atoms. The molecule has 2 aromatic carbocycles. The molecule has 0 unspecified atom stereocenters. The lowest BCUT2D eigenvalue weighted by molar-refractivity contribution is -0.117. The highest BCUT2D eigenvalue weighted by atomic mass is 16.5. The summed E-state index contributed by atoms with van der Waals surface area (Å²) in [7, 11) is 0. The van der Waals surface area contributed by atoms with Crippen molar-refractivity contribution in [1.29, 1.82) is 0 Å². The molecule has 1 aliphatic rings. The summed E-state index contributed by atoms with van der Waals surface area (Å²) in [5.41, 5.74) is 1.23. The van der Waals surface area contributed by atoms with Crippen LogP contribution in [0.2, 0.25) is 0 Å². The van der Waals surface area contributed by atoms with Crippen LogP contribution in [-0.4, -0.2) is 15.7 Å². The SMILES string of the molecule is O=C(Cn1nc(C2CC2)ccc1=O)Nc1ccc(Oc2ccccc2)cc1. The first kappa shape index (κ1) is 17.0. The van der Waals surface area contributed by atoms with Gasteiger partial charge in [-0.25, -0.2) is 4.68 Å². The first-order valence-electron chi connectivity index (χ1n) is 8.88. The number of nitrogens with zero attached hydrogens (tertiary/aromatic N) is 2. The Hall–Kier alpha value is -3.41. The van der Waals surface area contributed by atoms with Gasteiger partial charge >= 0.3 is 0 Å². The van der Waals surface area contributed by atoms with Crippen molar-refractivity contribution in [2.45, 2.75) is 25.3 Å². The van der Waals surface area contributed by atoms with E-state index < -0.39 is 0 Å². The van der Waals surface area contributed by atoms with Crippen LogP contribution in [0.5, 0.6) is 11.5 Å². The van der Waals surface area contributed by atoms with E-state index in [1.54, 1.807) is 30.3 Å². The van der Waals surface area contributed by atoms with E-state index in [-0.39, 0.29) is 18.0 Å². The minimum Gasteiger partial charge on any atom is -0.457 e. The predicted molar refractivity (Wildman–Crippen MR) is 102 cm³/mol. The maximum atomic E-state index is 12.3. The van der Waals surface area contributed by atoms with Crippen LogP contribution in [0.15, 0.2) is 71.5 Å². The van der Waals surface area contributed by atoms with Gasteiger partial charge in [-0.05, 0) is 55.3 Å². The monoisotopic (exact) mass is 361 g/mol. The molecule has 3 aromatic rings. The number of rotatable bonds is 6. The normalized spacial score (nSPS) is 13.2. The number of anilines is 1. The first-order valence-corrected chi connectivity index (χ1v) is 8.88. The molecule has 136 valence electrons. The van der Waals surface area contributed by atoms with Crippen molar-refractivity contribution in [2.24, 2.45) is 0 Å². The molecule has 0 bridgehead atoms. The fourth-order valence-electron chi connectivity index (χ4n) is 2.74. The van der Waals surface area contributed by atoms with Crippen molar-refractivity contribution in [3.8, 4) is 11.5 Å². The summed E-state index contributed by atoms with van der Waals surface area (Å²) >= 11 is 0. The average Bonchev–Trinajstić information content (AvgIpc) is 3.51. The average molecular weight is 361 g/mol. The van der Waals surface area contributed by atoms with Crippen LogP contribution in [0, 0.1) is 0 Å². The lowest BCUT2D eigenvalue weighted by atomic mass is 10.3. The molecular weight excluding hydrogens is 342 g/mol. The largest absolute Gasteiger partial charge is 0.457 e. The Labute approximate surface area is 156 Å². The van der Waals surface area contributed by atoms with Gasteiger partial charge in [0.15, 0.2) is 0 Å². The second-order valence-electron chi connectivity index (χ2n) is 6.52. The summed E-state index contributed by atoms with van der Waals surface area (Å²) in [6.45, 7) is -0.109. The van der Waals surface area contributed by atoms with Gasteiger partial charge in [-0.2, -0.15) is 5.10 Å². The summed E-state index contributed by atoms with van der Waals surface area (Å²) < 4.78 is 6.94. The van der Waals surface area contributed by atoms with E-state index in [0.717, 1.165) is 24.3 Å². The third-order valence-corrected chi connectivity index (χ3v) is 4.29. The third kappa shape index (κ3) is 4.41. The van der Waals surface area contributed by atoms with E-state index in [2.05, 4.69) is 10.4 Å². The lowest BCUT2D eigenvalue weighted by Gasteiger charge is -2.09. The van der Waals surface area contributed by atoms with E-state index in [0.29, 0.717) is 17.4 Å². The van der Waals surface area contributed by atoms with Crippen molar-refractivity contribution >= 4 is 11.6 Å². The van der Waals surface area contributed by atoms with Gasteiger partial charge in [0.2, 0.25) is 5.91 Å². The molecule has 1 saturated carbocycles. The molecule has 1 amide bonds. The van der Waals surface area contributed by atoms with Gasteiger partial charge in [-0.3, -0.25) is 9.59 Å². The van der Waals surface area contributed by atoms with Gasteiger partial charge < -0.3 is 10.1 Å². The molecule has 1 aliphatic carbocycles. The number of ether oxygens (including phenoxy) is 1. The Morgan fingerprint density at radius 2 is 1.70 bits per heavy atom. The Bertz CT molecular complexity index is 993. The summed E-state index contributed by atoms with van der Waals surface area (Å²) in [5.74, 6) is 1.55. The summed E-state index contributed by atoms with van der Waals surface area (Å²) in [6.07, 6.45) is 2.18. The van der Waals surface area contributed by atoms with Gasteiger partial charge in [0.05, 0.1) is 5.69 Å². The molecule has 1 heterocycles. The zero-order chi connectivity index (χ0) is 18.6. The van der Waals surface area contributed by atoms with Crippen LogP contribution in [0.3, 0.4) is 0 Å². The lowest BCUT2D eigenvalue weighted by Crippen LogP contribution is -2.29. The minimum absolute atomic E-state index is 0.109. The molecule has 4 rings (SSSR count). The number of aromatic nitrogens is 2. The minimum atomic E-state index is -0.297. The summed E-state index contributed by atoms with van der Waals surface area (Å²) in [4.78, 5) is 24.2. The number of carbonyl (C=O) groups excluding carboxylic acids is 1. The highest BCUT2D eigenvalue weighted by molar-refractivity contribution is 5.90. The van der Waals surface area contributed by atoms with Crippen LogP contribution < -0.4 is 15.6 Å². The number of hydrogen-bond donors (Lipinski definition) is 1. The number of hydrogen-bond acceptors (Lipinski definition) is 4. The number of carbonyl (C=O) groups is 1. The molecular formula is C21H19N3O3. The molecule has 27 heavy (non-hydrogen) atoms. The van der Waals surface area contributed by atoms with Gasteiger partial charge in [-0.1, -0.05) is 18.2 Å². The van der Waals surface area contributed by atoms with Gasteiger partial charge in [-0.15, -0.1) is 0 Å². The fraction of sp³-hybridized carbons (Fsp3) is 0.190. The maximum Gasteiger partial charge on any atom is 0.267 e. The van der Waals surface area contributed by atoms with Crippen LogP contribution in [0.1, 0.15) is 24.5 Å². The van der Waals surface area contributed by atoms with Crippen molar-refractivity contribution in [2.75, 3.05) is 5.32 Å². The van der Waals surface area contributed by atoms with Crippen molar-refractivity contribution in [3.63, 3.8) is 0 Å². The predicted octanol–water partition coefficient (Wildman–Crippen LogP) is 3.55. The molecule has 0 atom stereocenters. The van der Waals surface area contributed by atoms with Gasteiger partial charge in [0.25, 0.3) is 5.56 Å². The highest BCUT2D eigenvalue weighted by Crippen LogP contribution is 2.38. The van der Waals surface area contributed by atoms with Crippen molar-refractivity contribution < 1.29 is 9.53 Å². The standard InChI is InChI=1S/C21H19N3O3/c25-20(14-24-21(26)13-12-19(23-24)15-6-7-15)22-16-8-10-18(11-9-16)27-17-4-2-1-3-5-17/h1-5,8-13,15H,6-7,14H2,(H,22,25).